The molecule has 0 unspecified atom stereocenters. The Labute approximate surface area is 124 Å². The third-order valence-electron chi connectivity index (χ3n) is 2.40. The molecule has 0 heterocycles. The SMILES string of the molecule is CCOC(CC(=CSc1ccccc1)SC)OCC. The van der Waals surface area contributed by atoms with E-state index in [-0.39, 0.29) is 6.29 Å². The molecule has 0 aliphatic heterocycles. The first-order valence-electron chi connectivity index (χ1n) is 6.48. The Kier molecular flexibility index (Phi) is 9.08. The van der Waals surface area contributed by atoms with Crippen molar-refractivity contribution in [3.8, 4) is 0 Å². The van der Waals surface area contributed by atoms with E-state index in [1.807, 2.05) is 19.9 Å². The summed E-state index contributed by atoms with van der Waals surface area (Å²) in [6.45, 7) is 5.34. The van der Waals surface area contributed by atoms with E-state index in [1.165, 1.54) is 9.80 Å². The lowest BCUT2D eigenvalue weighted by Crippen LogP contribution is -2.17. The van der Waals surface area contributed by atoms with Gasteiger partial charge in [0.2, 0.25) is 0 Å². The summed E-state index contributed by atoms with van der Waals surface area (Å²) in [6, 6.07) is 10.4. The topological polar surface area (TPSA) is 18.5 Å². The van der Waals surface area contributed by atoms with Gasteiger partial charge in [-0.25, -0.2) is 0 Å². The smallest absolute Gasteiger partial charge is 0.162 e. The molecule has 0 bridgehead atoms. The summed E-state index contributed by atoms with van der Waals surface area (Å²) < 4.78 is 11.2. The first kappa shape index (κ1) is 16.6. The van der Waals surface area contributed by atoms with E-state index in [9.17, 15) is 0 Å². The summed E-state index contributed by atoms with van der Waals surface area (Å²) in [6.07, 6.45) is 2.76. The summed E-state index contributed by atoms with van der Waals surface area (Å²) in [7, 11) is 0. The van der Waals surface area contributed by atoms with Gasteiger partial charge in [0.25, 0.3) is 0 Å². The van der Waals surface area contributed by atoms with Crippen molar-refractivity contribution in [3.63, 3.8) is 0 Å². The zero-order valence-corrected chi connectivity index (χ0v) is 13.4. The van der Waals surface area contributed by atoms with Gasteiger partial charge in [-0.2, -0.15) is 0 Å². The molecule has 0 aliphatic rings. The van der Waals surface area contributed by atoms with Gasteiger partial charge in [0.05, 0.1) is 0 Å². The first-order chi connectivity index (χ1) is 9.30. The maximum atomic E-state index is 5.58. The van der Waals surface area contributed by atoms with Gasteiger partial charge in [0.15, 0.2) is 6.29 Å². The minimum absolute atomic E-state index is 0.134. The van der Waals surface area contributed by atoms with Crippen LogP contribution < -0.4 is 0 Å². The molecule has 1 rings (SSSR count). The molecule has 2 nitrogen and oxygen atoms in total. The lowest BCUT2D eigenvalue weighted by molar-refractivity contribution is -0.133. The van der Waals surface area contributed by atoms with E-state index in [4.69, 9.17) is 9.47 Å². The van der Waals surface area contributed by atoms with Crippen molar-refractivity contribution in [2.75, 3.05) is 19.5 Å². The van der Waals surface area contributed by atoms with Crippen LogP contribution in [0.5, 0.6) is 0 Å². The second-order valence-corrected chi connectivity index (χ2v) is 5.64. The van der Waals surface area contributed by atoms with Crippen molar-refractivity contribution in [2.24, 2.45) is 0 Å². The fourth-order valence-electron chi connectivity index (χ4n) is 1.51. The number of hydrogen-bond donors (Lipinski definition) is 0. The molecule has 0 amide bonds. The lowest BCUT2D eigenvalue weighted by Gasteiger charge is -2.17. The fourth-order valence-corrected chi connectivity index (χ4v) is 3.02. The van der Waals surface area contributed by atoms with Gasteiger partial charge in [0, 0.05) is 24.5 Å². The Morgan fingerprint density at radius 3 is 2.32 bits per heavy atom. The van der Waals surface area contributed by atoms with Gasteiger partial charge < -0.3 is 9.47 Å². The van der Waals surface area contributed by atoms with Crippen LogP contribution in [0.4, 0.5) is 0 Å². The molecule has 0 aromatic heterocycles. The molecule has 0 N–H and O–H groups in total. The highest BCUT2D eigenvalue weighted by molar-refractivity contribution is 8.05. The summed E-state index contributed by atoms with van der Waals surface area (Å²) in [5.74, 6) is 0. The predicted octanol–water partition coefficient (Wildman–Crippen LogP) is 4.77. The highest BCUT2D eigenvalue weighted by atomic mass is 32.2. The monoisotopic (exact) mass is 298 g/mol. The molecule has 0 spiro atoms. The second-order valence-electron chi connectivity index (χ2n) is 3.76. The Balaban J connectivity index is 2.55. The molecule has 4 heteroatoms. The Bertz CT molecular complexity index is 360. The normalized spacial score (nSPS) is 12.1. The zero-order valence-electron chi connectivity index (χ0n) is 11.8. The minimum atomic E-state index is -0.134. The van der Waals surface area contributed by atoms with Crippen LogP contribution in [0.3, 0.4) is 0 Å². The molecular weight excluding hydrogens is 276 g/mol. The Hall–Kier alpha value is -0.420. The quantitative estimate of drug-likeness (QED) is 0.482. The molecule has 106 valence electrons. The van der Waals surface area contributed by atoms with Crippen LogP contribution in [0.25, 0.3) is 0 Å². The summed E-state index contributed by atoms with van der Waals surface area (Å²) in [5.41, 5.74) is 0. The molecule has 1 aromatic rings. The molecular formula is C15H22O2S2. The van der Waals surface area contributed by atoms with Crippen molar-refractivity contribution in [2.45, 2.75) is 31.5 Å². The first-order valence-corrected chi connectivity index (χ1v) is 8.58. The van der Waals surface area contributed by atoms with Crippen molar-refractivity contribution in [1.82, 2.24) is 0 Å². The number of hydrogen-bond acceptors (Lipinski definition) is 4. The van der Waals surface area contributed by atoms with Crippen molar-refractivity contribution < 1.29 is 9.47 Å². The maximum Gasteiger partial charge on any atom is 0.162 e. The van der Waals surface area contributed by atoms with E-state index < -0.39 is 0 Å². The average Bonchev–Trinajstić information content (AvgIpc) is 2.45. The van der Waals surface area contributed by atoms with E-state index in [2.05, 4.69) is 35.9 Å². The summed E-state index contributed by atoms with van der Waals surface area (Å²) in [5, 5.41) is 2.19. The molecule has 0 radical (unpaired) electrons. The number of benzene rings is 1. The highest BCUT2D eigenvalue weighted by Gasteiger charge is 2.10. The van der Waals surface area contributed by atoms with Gasteiger partial charge in [-0.05, 0) is 42.5 Å². The number of thioether (sulfide) groups is 2. The maximum absolute atomic E-state index is 5.58. The molecule has 0 atom stereocenters. The summed E-state index contributed by atoms with van der Waals surface area (Å²) in [4.78, 5) is 2.53. The second kappa shape index (κ2) is 10.4. The Morgan fingerprint density at radius 1 is 1.16 bits per heavy atom. The van der Waals surface area contributed by atoms with Gasteiger partial charge in [-0.1, -0.05) is 30.0 Å². The largest absolute Gasteiger partial charge is 0.353 e. The zero-order chi connectivity index (χ0) is 13.9. The van der Waals surface area contributed by atoms with Gasteiger partial charge in [0.1, 0.15) is 0 Å². The molecule has 19 heavy (non-hydrogen) atoms. The van der Waals surface area contributed by atoms with Crippen molar-refractivity contribution >= 4 is 23.5 Å². The van der Waals surface area contributed by atoms with Crippen LogP contribution in [0.1, 0.15) is 20.3 Å². The van der Waals surface area contributed by atoms with Crippen LogP contribution in [-0.4, -0.2) is 25.8 Å². The van der Waals surface area contributed by atoms with Gasteiger partial charge >= 0.3 is 0 Å². The van der Waals surface area contributed by atoms with Gasteiger partial charge in [-0.15, -0.1) is 11.8 Å². The standard InChI is InChI=1S/C15H22O2S2/c1-4-16-15(17-5-2)11-14(18-3)12-19-13-9-7-6-8-10-13/h6-10,12,15H,4-5,11H2,1-3H3. The van der Waals surface area contributed by atoms with E-state index in [0.29, 0.717) is 13.2 Å². The van der Waals surface area contributed by atoms with Crippen LogP contribution in [0.15, 0.2) is 45.5 Å². The molecule has 0 fully saturated rings. The number of rotatable bonds is 9. The van der Waals surface area contributed by atoms with E-state index >= 15 is 0 Å². The summed E-state index contributed by atoms with van der Waals surface area (Å²) >= 11 is 3.49. The fraction of sp³-hybridized carbons (Fsp3) is 0.467. The minimum Gasteiger partial charge on any atom is -0.353 e. The van der Waals surface area contributed by atoms with E-state index in [1.54, 1.807) is 23.5 Å². The van der Waals surface area contributed by atoms with Crippen LogP contribution in [0, 0.1) is 0 Å². The van der Waals surface area contributed by atoms with Crippen molar-refractivity contribution in [3.05, 3.63) is 40.6 Å². The van der Waals surface area contributed by atoms with Crippen LogP contribution >= 0.6 is 23.5 Å². The third-order valence-corrected chi connectivity index (χ3v) is 4.31. The third kappa shape index (κ3) is 7.06. The lowest BCUT2D eigenvalue weighted by atomic mass is 10.4. The molecule has 0 saturated carbocycles. The predicted molar refractivity (Wildman–Crippen MR) is 85.6 cm³/mol. The van der Waals surface area contributed by atoms with E-state index in [0.717, 1.165) is 6.42 Å². The van der Waals surface area contributed by atoms with Crippen LogP contribution in [0.2, 0.25) is 0 Å². The van der Waals surface area contributed by atoms with Crippen molar-refractivity contribution in [1.29, 1.82) is 0 Å². The average molecular weight is 298 g/mol. The molecule has 1 aromatic carbocycles. The Morgan fingerprint density at radius 2 is 1.79 bits per heavy atom. The van der Waals surface area contributed by atoms with Gasteiger partial charge in [-0.3, -0.25) is 0 Å². The number of ether oxygens (including phenoxy) is 2. The van der Waals surface area contributed by atoms with Crippen LogP contribution in [-0.2, 0) is 9.47 Å². The molecule has 0 aliphatic carbocycles. The highest BCUT2D eigenvalue weighted by Crippen LogP contribution is 2.27. The molecule has 0 saturated heterocycles.